The average Bonchev–Trinajstić information content (AvgIpc) is 3.19. The van der Waals surface area contributed by atoms with Crippen molar-refractivity contribution in [3.05, 3.63) is 106 Å². The third-order valence-corrected chi connectivity index (χ3v) is 3.99. The molecule has 2 aromatic carbocycles. The normalized spacial score (nSPS) is 10.8. The van der Waals surface area contributed by atoms with Gasteiger partial charge in [-0.15, -0.1) is 0 Å². The van der Waals surface area contributed by atoms with Gasteiger partial charge in [-0.2, -0.15) is 0 Å². The number of rotatable bonds is 7. The number of carbonyl (C=O) groups is 1. The van der Waals surface area contributed by atoms with Crippen LogP contribution >= 0.6 is 0 Å². The third-order valence-electron chi connectivity index (χ3n) is 3.99. The van der Waals surface area contributed by atoms with Gasteiger partial charge in [0.1, 0.15) is 5.76 Å². The van der Waals surface area contributed by atoms with Crippen LogP contribution in [0.25, 0.3) is 6.08 Å². The highest BCUT2D eigenvalue weighted by Gasteiger charge is 2.15. The maximum atomic E-state index is 12.8. The van der Waals surface area contributed by atoms with Gasteiger partial charge >= 0.3 is 0 Å². The third kappa shape index (κ3) is 4.92. The second kappa shape index (κ2) is 8.62. The van der Waals surface area contributed by atoms with Gasteiger partial charge in [0, 0.05) is 18.7 Å². The molecule has 136 valence electrons. The first-order valence-corrected chi connectivity index (χ1v) is 8.40. The van der Waals surface area contributed by atoms with Crippen LogP contribution in [0.2, 0.25) is 0 Å². The molecule has 3 aromatic rings. The van der Waals surface area contributed by atoms with Crippen molar-refractivity contribution in [2.24, 2.45) is 0 Å². The van der Waals surface area contributed by atoms with Gasteiger partial charge in [-0.3, -0.25) is 14.9 Å². The highest BCUT2D eigenvalue weighted by Crippen LogP contribution is 2.19. The van der Waals surface area contributed by atoms with Crippen molar-refractivity contribution in [1.82, 2.24) is 4.90 Å². The van der Waals surface area contributed by atoms with Crippen molar-refractivity contribution >= 4 is 17.7 Å². The van der Waals surface area contributed by atoms with Gasteiger partial charge in [0.15, 0.2) is 0 Å². The minimum Gasteiger partial charge on any atom is -0.467 e. The zero-order valence-corrected chi connectivity index (χ0v) is 14.5. The van der Waals surface area contributed by atoms with Crippen molar-refractivity contribution < 1.29 is 14.1 Å². The largest absolute Gasteiger partial charge is 0.467 e. The molecule has 0 N–H and O–H groups in total. The molecule has 0 bridgehead atoms. The number of hydrogen-bond donors (Lipinski definition) is 0. The Kier molecular flexibility index (Phi) is 5.79. The Balaban J connectivity index is 1.81. The topological polar surface area (TPSA) is 76.6 Å². The summed E-state index contributed by atoms with van der Waals surface area (Å²) in [5.41, 5.74) is 1.33. The standard InChI is InChI=1S/C21H18N2O4/c24-21(13-12-18-9-4-5-11-20(18)23(25)26)22(16-19-10-6-14-27-19)15-17-7-2-1-3-8-17/h1-14H,15-16H2/b13-12+. The van der Waals surface area contributed by atoms with Crippen LogP contribution in [0.1, 0.15) is 16.9 Å². The first-order chi connectivity index (χ1) is 13.1. The Morgan fingerprint density at radius 2 is 1.74 bits per heavy atom. The monoisotopic (exact) mass is 362 g/mol. The van der Waals surface area contributed by atoms with Gasteiger partial charge in [0.05, 0.1) is 23.3 Å². The molecule has 0 aliphatic heterocycles. The average molecular weight is 362 g/mol. The zero-order valence-electron chi connectivity index (χ0n) is 14.5. The SMILES string of the molecule is O=C(/C=C/c1ccccc1[N+](=O)[O-])N(Cc1ccccc1)Cc1ccco1. The zero-order chi connectivity index (χ0) is 19.1. The molecule has 0 radical (unpaired) electrons. The van der Waals surface area contributed by atoms with E-state index in [1.165, 1.54) is 18.2 Å². The lowest BCUT2D eigenvalue weighted by Gasteiger charge is -2.20. The summed E-state index contributed by atoms with van der Waals surface area (Å²) in [6.45, 7) is 0.712. The molecule has 0 unspecified atom stereocenters. The summed E-state index contributed by atoms with van der Waals surface area (Å²) >= 11 is 0. The maximum absolute atomic E-state index is 12.8. The highest BCUT2D eigenvalue weighted by molar-refractivity contribution is 5.92. The Hall–Kier alpha value is -3.67. The Bertz CT molecular complexity index is 934. The summed E-state index contributed by atoms with van der Waals surface area (Å²) in [5, 5.41) is 11.1. The number of para-hydroxylation sites is 1. The van der Waals surface area contributed by atoms with E-state index in [1.807, 2.05) is 30.3 Å². The molecule has 6 heteroatoms. The molecule has 0 saturated carbocycles. The maximum Gasteiger partial charge on any atom is 0.276 e. The summed E-state index contributed by atoms with van der Waals surface area (Å²) in [4.78, 5) is 25.0. The van der Waals surface area contributed by atoms with E-state index in [1.54, 1.807) is 41.5 Å². The van der Waals surface area contributed by atoms with Crippen molar-refractivity contribution in [2.75, 3.05) is 0 Å². The molecule has 1 amide bonds. The van der Waals surface area contributed by atoms with Crippen molar-refractivity contribution in [3.63, 3.8) is 0 Å². The van der Waals surface area contributed by atoms with Crippen molar-refractivity contribution in [1.29, 1.82) is 0 Å². The molecule has 0 atom stereocenters. The molecule has 0 aliphatic carbocycles. The molecule has 1 heterocycles. The quantitative estimate of drug-likeness (QED) is 0.354. The highest BCUT2D eigenvalue weighted by atomic mass is 16.6. The molecule has 0 spiro atoms. The lowest BCUT2D eigenvalue weighted by atomic mass is 10.1. The number of amides is 1. The molecule has 1 aromatic heterocycles. The molecule has 3 rings (SSSR count). The van der Waals surface area contributed by atoms with Gasteiger partial charge in [-0.25, -0.2) is 0 Å². The molecule has 0 fully saturated rings. The van der Waals surface area contributed by atoms with E-state index in [-0.39, 0.29) is 11.6 Å². The fourth-order valence-corrected chi connectivity index (χ4v) is 2.67. The number of hydrogen-bond acceptors (Lipinski definition) is 4. The van der Waals surface area contributed by atoms with Gasteiger partial charge in [-0.05, 0) is 29.8 Å². The van der Waals surface area contributed by atoms with E-state index in [9.17, 15) is 14.9 Å². The van der Waals surface area contributed by atoms with Crippen LogP contribution in [0, 0.1) is 10.1 Å². The second-order valence-electron chi connectivity index (χ2n) is 5.91. The molecular formula is C21H18N2O4. The summed E-state index contributed by atoms with van der Waals surface area (Å²) < 4.78 is 5.36. The molecule has 6 nitrogen and oxygen atoms in total. The number of nitro benzene ring substituents is 1. The van der Waals surface area contributed by atoms with Crippen LogP contribution in [0.3, 0.4) is 0 Å². The van der Waals surface area contributed by atoms with E-state index in [0.717, 1.165) is 5.56 Å². The van der Waals surface area contributed by atoms with Gasteiger partial charge in [0.25, 0.3) is 5.69 Å². The van der Waals surface area contributed by atoms with E-state index >= 15 is 0 Å². The van der Waals surface area contributed by atoms with Gasteiger partial charge in [-0.1, -0.05) is 42.5 Å². The Morgan fingerprint density at radius 3 is 2.44 bits per heavy atom. The Morgan fingerprint density at radius 1 is 1.00 bits per heavy atom. The fraction of sp³-hybridized carbons (Fsp3) is 0.0952. The molecule has 27 heavy (non-hydrogen) atoms. The minimum absolute atomic E-state index is 0.0396. The molecule has 0 saturated heterocycles. The van der Waals surface area contributed by atoms with Crippen LogP contribution in [0.4, 0.5) is 5.69 Å². The van der Waals surface area contributed by atoms with E-state index in [4.69, 9.17) is 4.42 Å². The number of nitro groups is 1. The van der Waals surface area contributed by atoms with Crippen LogP contribution in [-0.4, -0.2) is 15.7 Å². The first kappa shape index (κ1) is 18.1. The van der Waals surface area contributed by atoms with Crippen molar-refractivity contribution in [2.45, 2.75) is 13.1 Å². The number of carbonyl (C=O) groups excluding carboxylic acids is 1. The molecular weight excluding hydrogens is 344 g/mol. The van der Waals surface area contributed by atoms with Gasteiger partial charge < -0.3 is 9.32 Å². The summed E-state index contributed by atoms with van der Waals surface area (Å²) in [6, 6.07) is 19.5. The predicted molar refractivity (Wildman–Crippen MR) is 102 cm³/mol. The minimum atomic E-state index is -0.464. The van der Waals surface area contributed by atoms with Crippen LogP contribution < -0.4 is 0 Å². The van der Waals surface area contributed by atoms with Crippen LogP contribution in [0.15, 0.2) is 83.5 Å². The summed E-state index contributed by atoms with van der Waals surface area (Å²) in [5.74, 6) is 0.409. The van der Waals surface area contributed by atoms with Crippen molar-refractivity contribution in [3.8, 4) is 0 Å². The smallest absolute Gasteiger partial charge is 0.276 e. The Labute approximate surface area is 156 Å². The predicted octanol–water partition coefficient (Wildman–Crippen LogP) is 4.43. The lowest BCUT2D eigenvalue weighted by Crippen LogP contribution is -2.28. The number of furan rings is 1. The second-order valence-corrected chi connectivity index (χ2v) is 5.91. The lowest BCUT2D eigenvalue weighted by molar-refractivity contribution is -0.385. The summed E-state index contributed by atoms with van der Waals surface area (Å²) in [6.07, 6.45) is 4.39. The summed E-state index contributed by atoms with van der Waals surface area (Å²) in [7, 11) is 0. The van der Waals surface area contributed by atoms with E-state index < -0.39 is 4.92 Å². The molecule has 0 aliphatic rings. The van der Waals surface area contributed by atoms with Gasteiger partial charge in [0.2, 0.25) is 5.91 Å². The number of benzene rings is 2. The van der Waals surface area contributed by atoms with E-state index in [0.29, 0.717) is 24.4 Å². The first-order valence-electron chi connectivity index (χ1n) is 8.40. The van der Waals surface area contributed by atoms with Crippen LogP contribution in [0.5, 0.6) is 0 Å². The van der Waals surface area contributed by atoms with Crippen LogP contribution in [-0.2, 0) is 17.9 Å². The number of nitrogens with zero attached hydrogens (tertiary/aromatic N) is 2. The fourth-order valence-electron chi connectivity index (χ4n) is 2.67. The van der Waals surface area contributed by atoms with E-state index in [2.05, 4.69) is 0 Å².